The Labute approximate surface area is 94.9 Å². The number of sulfonamides is 1. The second kappa shape index (κ2) is 4.94. The van der Waals surface area contributed by atoms with Gasteiger partial charge in [-0.15, -0.1) is 0 Å². The average Bonchev–Trinajstić information content (AvgIpc) is 2.89. The van der Waals surface area contributed by atoms with E-state index in [4.69, 9.17) is 0 Å². The van der Waals surface area contributed by atoms with Crippen molar-refractivity contribution in [2.75, 3.05) is 13.1 Å². The van der Waals surface area contributed by atoms with E-state index < -0.39 is 10.0 Å². The van der Waals surface area contributed by atoms with E-state index in [0.717, 1.165) is 13.0 Å². The highest BCUT2D eigenvalue weighted by Gasteiger charge is 2.19. The zero-order valence-electron chi connectivity index (χ0n) is 8.94. The van der Waals surface area contributed by atoms with Crippen molar-refractivity contribution in [3.05, 3.63) is 12.3 Å². The zero-order chi connectivity index (χ0) is 11.4. The molecule has 0 atom stereocenters. The molecule has 1 aromatic heterocycles. The highest BCUT2D eigenvalue weighted by atomic mass is 32.2. The largest absolute Gasteiger partial charge is 0.314 e. The molecule has 2 rings (SSSR count). The summed E-state index contributed by atoms with van der Waals surface area (Å²) in [5, 5.41) is 9.47. The minimum Gasteiger partial charge on any atom is -0.314 e. The van der Waals surface area contributed by atoms with Crippen LogP contribution in [0.25, 0.3) is 0 Å². The van der Waals surface area contributed by atoms with Crippen LogP contribution in [0.3, 0.4) is 0 Å². The number of aromatic nitrogens is 2. The van der Waals surface area contributed by atoms with E-state index in [1.165, 1.54) is 25.1 Å². The molecule has 0 aliphatic heterocycles. The number of nitrogens with zero attached hydrogens (tertiary/aromatic N) is 1. The van der Waals surface area contributed by atoms with Crippen LogP contribution in [0, 0.1) is 0 Å². The number of hydrogen-bond donors (Lipinski definition) is 3. The molecule has 1 heterocycles. The summed E-state index contributed by atoms with van der Waals surface area (Å²) in [4.78, 5) is 0. The first-order valence-electron chi connectivity index (χ1n) is 5.41. The second-order valence-electron chi connectivity index (χ2n) is 3.90. The summed E-state index contributed by atoms with van der Waals surface area (Å²) in [6.45, 7) is 1.30. The van der Waals surface area contributed by atoms with E-state index in [-0.39, 0.29) is 5.03 Å². The van der Waals surface area contributed by atoms with Gasteiger partial charge in [0, 0.05) is 12.6 Å². The van der Waals surface area contributed by atoms with Gasteiger partial charge < -0.3 is 5.32 Å². The summed E-state index contributed by atoms with van der Waals surface area (Å²) in [5.41, 5.74) is 0. The summed E-state index contributed by atoms with van der Waals surface area (Å²) in [6, 6.07) is 2.11. The molecule has 0 aromatic carbocycles. The molecule has 1 fully saturated rings. The average molecular weight is 244 g/mol. The Balaban J connectivity index is 1.68. The molecule has 0 bridgehead atoms. The Hall–Kier alpha value is -0.920. The Kier molecular flexibility index (Phi) is 3.57. The minimum atomic E-state index is -3.40. The van der Waals surface area contributed by atoms with Crippen molar-refractivity contribution in [3.8, 4) is 0 Å². The maximum Gasteiger partial charge on any atom is 0.257 e. The Morgan fingerprint density at radius 3 is 2.88 bits per heavy atom. The molecule has 6 nitrogen and oxygen atoms in total. The fourth-order valence-electron chi connectivity index (χ4n) is 1.36. The van der Waals surface area contributed by atoms with Gasteiger partial charge in [-0.3, -0.25) is 5.10 Å². The zero-order valence-corrected chi connectivity index (χ0v) is 9.76. The number of rotatable bonds is 7. The van der Waals surface area contributed by atoms with Gasteiger partial charge in [0.25, 0.3) is 10.0 Å². The lowest BCUT2D eigenvalue weighted by atomic mass is 10.4. The molecule has 0 saturated heterocycles. The van der Waals surface area contributed by atoms with E-state index in [1.807, 2.05) is 0 Å². The Bertz CT molecular complexity index is 411. The first kappa shape index (κ1) is 11.6. The van der Waals surface area contributed by atoms with E-state index in [1.54, 1.807) is 0 Å². The number of aromatic amines is 1. The van der Waals surface area contributed by atoms with Crippen molar-refractivity contribution in [1.82, 2.24) is 20.2 Å². The van der Waals surface area contributed by atoms with Gasteiger partial charge in [-0.1, -0.05) is 0 Å². The molecule has 90 valence electrons. The molecular formula is C9H16N4O2S. The molecule has 0 radical (unpaired) electrons. The molecule has 16 heavy (non-hydrogen) atoms. The Morgan fingerprint density at radius 2 is 2.25 bits per heavy atom. The highest BCUT2D eigenvalue weighted by Crippen LogP contribution is 2.18. The van der Waals surface area contributed by atoms with E-state index in [2.05, 4.69) is 20.2 Å². The highest BCUT2D eigenvalue weighted by molar-refractivity contribution is 7.89. The molecule has 1 saturated carbocycles. The molecule has 1 aromatic rings. The quantitative estimate of drug-likeness (QED) is 0.581. The third-order valence-corrected chi connectivity index (χ3v) is 3.81. The molecule has 0 unspecified atom stereocenters. The van der Waals surface area contributed by atoms with Crippen molar-refractivity contribution < 1.29 is 8.42 Å². The van der Waals surface area contributed by atoms with Gasteiger partial charge in [0.2, 0.25) is 0 Å². The third-order valence-electron chi connectivity index (χ3n) is 2.42. The lowest BCUT2D eigenvalue weighted by Crippen LogP contribution is -2.28. The molecule has 3 N–H and O–H groups in total. The number of nitrogens with one attached hydrogen (secondary N) is 3. The van der Waals surface area contributed by atoms with E-state index in [9.17, 15) is 8.42 Å². The fraction of sp³-hybridized carbons (Fsp3) is 0.667. The standard InChI is InChI=1S/C9H16N4O2S/c14-16(15,9-4-7-11-13-9)12-6-1-5-10-8-2-3-8/h4,7-8,10,12H,1-3,5-6H2,(H,11,13). The van der Waals surface area contributed by atoms with Crippen LogP contribution in [0.5, 0.6) is 0 Å². The van der Waals surface area contributed by atoms with Crippen molar-refractivity contribution in [1.29, 1.82) is 0 Å². The molecule has 0 amide bonds. The smallest absolute Gasteiger partial charge is 0.257 e. The minimum absolute atomic E-state index is 0.114. The maximum absolute atomic E-state index is 11.6. The summed E-state index contributed by atoms with van der Waals surface area (Å²) in [6.07, 6.45) is 4.72. The third kappa shape index (κ3) is 3.29. The van der Waals surface area contributed by atoms with Crippen LogP contribution in [0.2, 0.25) is 0 Å². The summed E-state index contributed by atoms with van der Waals surface area (Å²) in [5.74, 6) is 0. The predicted molar refractivity (Wildman–Crippen MR) is 59.4 cm³/mol. The molecule has 1 aliphatic rings. The number of H-pyrrole nitrogens is 1. The molecular weight excluding hydrogens is 228 g/mol. The summed E-state index contributed by atoms with van der Waals surface area (Å²) >= 11 is 0. The first-order chi connectivity index (χ1) is 7.68. The predicted octanol–water partition coefficient (Wildman–Crippen LogP) is -0.170. The van der Waals surface area contributed by atoms with Gasteiger partial charge in [-0.25, -0.2) is 13.1 Å². The van der Waals surface area contributed by atoms with Crippen LogP contribution in [-0.4, -0.2) is 37.7 Å². The fourth-order valence-corrected chi connectivity index (χ4v) is 2.34. The van der Waals surface area contributed by atoms with Crippen molar-refractivity contribution in [2.24, 2.45) is 0 Å². The summed E-state index contributed by atoms with van der Waals surface area (Å²) < 4.78 is 25.7. The van der Waals surface area contributed by atoms with Crippen molar-refractivity contribution >= 4 is 10.0 Å². The lowest BCUT2D eigenvalue weighted by Gasteiger charge is -2.05. The van der Waals surface area contributed by atoms with Crippen LogP contribution in [-0.2, 0) is 10.0 Å². The van der Waals surface area contributed by atoms with Gasteiger partial charge >= 0.3 is 0 Å². The maximum atomic E-state index is 11.6. The van der Waals surface area contributed by atoms with Crippen LogP contribution >= 0.6 is 0 Å². The first-order valence-corrected chi connectivity index (χ1v) is 6.89. The Morgan fingerprint density at radius 1 is 1.44 bits per heavy atom. The van der Waals surface area contributed by atoms with Crippen molar-refractivity contribution in [3.63, 3.8) is 0 Å². The normalized spacial score (nSPS) is 16.5. The van der Waals surface area contributed by atoms with Gasteiger partial charge in [0.05, 0.1) is 6.20 Å². The lowest BCUT2D eigenvalue weighted by molar-refractivity contribution is 0.569. The van der Waals surface area contributed by atoms with Gasteiger partial charge in [-0.2, -0.15) is 5.10 Å². The van der Waals surface area contributed by atoms with E-state index in [0.29, 0.717) is 12.6 Å². The SMILES string of the molecule is O=S(=O)(NCCCNC1CC1)c1ccn[nH]1. The monoisotopic (exact) mass is 244 g/mol. The molecule has 7 heteroatoms. The van der Waals surface area contributed by atoms with Crippen LogP contribution in [0.15, 0.2) is 17.3 Å². The van der Waals surface area contributed by atoms with Gasteiger partial charge in [0.1, 0.15) is 0 Å². The number of hydrogen-bond acceptors (Lipinski definition) is 4. The van der Waals surface area contributed by atoms with Crippen LogP contribution in [0.4, 0.5) is 0 Å². The summed E-state index contributed by atoms with van der Waals surface area (Å²) in [7, 11) is -3.40. The van der Waals surface area contributed by atoms with E-state index >= 15 is 0 Å². The van der Waals surface area contributed by atoms with Gasteiger partial charge in [0.15, 0.2) is 5.03 Å². The second-order valence-corrected chi connectivity index (χ2v) is 5.64. The topological polar surface area (TPSA) is 86.9 Å². The van der Waals surface area contributed by atoms with Crippen LogP contribution < -0.4 is 10.0 Å². The van der Waals surface area contributed by atoms with Crippen molar-refractivity contribution in [2.45, 2.75) is 30.3 Å². The van der Waals surface area contributed by atoms with Gasteiger partial charge in [-0.05, 0) is 31.9 Å². The molecule has 1 aliphatic carbocycles. The molecule has 0 spiro atoms. The van der Waals surface area contributed by atoms with Crippen LogP contribution in [0.1, 0.15) is 19.3 Å².